The van der Waals surface area contributed by atoms with E-state index in [2.05, 4.69) is 20.3 Å². The Morgan fingerprint density at radius 3 is 2.77 bits per heavy atom. The van der Waals surface area contributed by atoms with Crippen molar-refractivity contribution in [2.24, 2.45) is 0 Å². The van der Waals surface area contributed by atoms with Crippen molar-refractivity contribution in [1.82, 2.24) is 19.5 Å². The van der Waals surface area contributed by atoms with E-state index in [1.54, 1.807) is 35.7 Å². The molecule has 0 aliphatic carbocycles. The van der Waals surface area contributed by atoms with Crippen LogP contribution in [0.4, 0.5) is 5.69 Å². The van der Waals surface area contributed by atoms with Gasteiger partial charge in [-0.05, 0) is 12.5 Å². The summed E-state index contributed by atoms with van der Waals surface area (Å²) < 4.78 is 1.69. The maximum absolute atomic E-state index is 12.0. The number of anilines is 1. The van der Waals surface area contributed by atoms with Crippen LogP contribution >= 0.6 is 0 Å². The van der Waals surface area contributed by atoms with E-state index in [9.17, 15) is 4.79 Å². The van der Waals surface area contributed by atoms with Crippen LogP contribution in [-0.4, -0.2) is 25.4 Å². The average molecular weight is 293 g/mol. The molecule has 22 heavy (non-hydrogen) atoms. The van der Waals surface area contributed by atoms with Crippen molar-refractivity contribution in [1.29, 1.82) is 0 Å². The highest BCUT2D eigenvalue weighted by atomic mass is 16.1. The zero-order chi connectivity index (χ0) is 15.4. The van der Waals surface area contributed by atoms with Crippen molar-refractivity contribution < 1.29 is 4.79 Å². The van der Waals surface area contributed by atoms with E-state index >= 15 is 0 Å². The highest BCUT2D eigenvalue weighted by molar-refractivity contribution is 5.91. The molecule has 0 radical (unpaired) electrons. The number of benzene rings is 1. The number of carbonyl (C=O) groups excluding carboxylic acids is 1. The third-order valence-corrected chi connectivity index (χ3v) is 3.10. The van der Waals surface area contributed by atoms with E-state index < -0.39 is 0 Å². The maximum atomic E-state index is 12.0. The molecule has 0 fully saturated rings. The van der Waals surface area contributed by atoms with E-state index in [0.29, 0.717) is 18.1 Å². The van der Waals surface area contributed by atoms with Gasteiger partial charge >= 0.3 is 0 Å². The molecule has 1 N–H and O–H groups in total. The Bertz CT molecular complexity index is 765. The van der Waals surface area contributed by atoms with Gasteiger partial charge in [-0.15, -0.1) is 0 Å². The predicted molar refractivity (Wildman–Crippen MR) is 82.7 cm³/mol. The first-order valence-corrected chi connectivity index (χ1v) is 6.86. The van der Waals surface area contributed by atoms with Crippen LogP contribution in [0.1, 0.15) is 11.1 Å². The van der Waals surface area contributed by atoms with Crippen molar-refractivity contribution in [3.63, 3.8) is 0 Å². The highest BCUT2D eigenvalue weighted by Gasteiger charge is 2.06. The van der Waals surface area contributed by atoms with Crippen molar-refractivity contribution in [3.05, 3.63) is 66.5 Å². The lowest BCUT2D eigenvalue weighted by Crippen LogP contribution is -2.15. The number of aryl methyl sites for hydroxylation is 1. The van der Waals surface area contributed by atoms with E-state index in [-0.39, 0.29) is 5.91 Å². The third-order valence-electron chi connectivity index (χ3n) is 3.10. The van der Waals surface area contributed by atoms with Gasteiger partial charge in [0, 0.05) is 12.4 Å². The first-order chi connectivity index (χ1) is 10.7. The van der Waals surface area contributed by atoms with Crippen LogP contribution < -0.4 is 5.32 Å². The summed E-state index contributed by atoms with van der Waals surface area (Å²) >= 11 is 0. The fraction of sp³-hybridized carbons (Fsp3) is 0.125. The van der Waals surface area contributed by atoms with Crippen LogP contribution in [-0.2, 0) is 11.2 Å². The lowest BCUT2D eigenvalue weighted by atomic mass is 10.1. The number of carbonyl (C=O) groups is 1. The number of hydrogen-bond donors (Lipinski definition) is 1. The molecule has 0 spiro atoms. The first kappa shape index (κ1) is 13.9. The topological polar surface area (TPSA) is 72.7 Å². The molecule has 1 amide bonds. The largest absolute Gasteiger partial charge is 0.323 e. The summed E-state index contributed by atoms with van der Waals surface area (Å²) in [7, 11) is 0. The first-order valence-electron chi connectivity index (χ1n) is 6.86. The zero-order valence-electron chi connectivity index (χ0n) is 12.1. The quantitative estimate of drug-likeness (QED) is 0.800. The molecule has 0 saturated carbocycles. The van der Waals surface area contributed by atoms with Gasteiger partial charge in [-0.1, -0.05) is 29.8 Å². The number of nitrogens with zero attached hydrogens (tertiary/aromatic N) is 4. The molecule has 1 aromatic carbocycles. The summed E-state index contributed by atoms with van der Waals surface area (Å²) in [6.45, 7) is 2.00. The number of rotatable bonds is 4. The molecular weight excluding hydrogens is 278 g/mol. The Kier molecular flexibility index (Phi) is 3.91. The lowest BCUT2D eigenvalue weighted by molar-refractivity contribution is -0.115. The van der Waals surface area contributed by atoms with E-state index in [1.165, 1.54) is 0 Å². The molecule has 0 saturated heterocycles. The molecule has 0 aliphatic heterocycles. The Hall–Kier alpha value is -3.02. The fourth-order valence-corrected chi connectivity index (χ4v) is 2.11. The number of imidazole rings is 1. The van der Waals surface area contributed by atoms with Gasteiger partial charge in [0.1, 0.15) is 6.33 Å². The smallest absolute Gasteiger partial charge is 0.234 e. The van der Waals surface area contributed by atoms with Crippen LogP contribution in [0.15, 0.2) is 55.4 Å². The van der Waals surface area contributed by atoms with Gasteiger partial charge < -0.3 is 5.32 Å². The second-order valence-corrected chi connectivity index (χ2v) is 4.96. The molecule has 6 nitrogen and oxygen atoms in total. The molecule has 6 heteroatoms. The van der Waals surface area contributed by atoms with Crippen molar-refractivity contribution >= 4 is 11.6 Å². The van der Waals surface area contributed by atoms with E-state index in [1.807, 2.05) is 31.2 Å². The van der Waals surface area contributed by atoms with Crippen molar-refractivity contribution in [3.8, 4) is 5.95 Å². The Morgan fingerprint density at radius 2 is 2.09 bits per heavy atom. The summed E-state index contributed by atoms with van der Waals surface area (Å²) in [6.07, 6.45) is 8.51. The Balaban J connectivity index is 1.64. The second kappa shape index (κ2) is 6.17. The number of hydrogen-bond acceptors (Lipinski definition) is 4. The van der Waals surface area contributed by atoms with Gasteiger partial charge in [0.2, 0.25) is 11.9 Å². The summed E-state index contributed by atoms with van der Waals surface area (Å²) in [5, 5.41) is 2.79. The number of nitrogens with one attached hydrogen (secondary N) is 1. The standard InChI is InChI=1S/C16H15N5O/c1-12-3-2-4-13(7-12)8-15(22)20-14-9-18-16(19-10-14)21-6-5-17-11-21/h2-7,9-11H,8H2,1H3,(H,20,22). The SMILES string of the molecule is Cc1cccc(CC(=O)Nc2cnc(-n3ccnc3)nc2)c1. The van der Waals surface area contributed by atoms with Crippen molar-refractivity contribution in [2.45, 2.75) is 13.3 Å². The number of amides is 1. The van der Waals surface area contributed by atoms with Gasteiger partial charge in [-0.2, -0.15) is 0 Å². The summed E-state index contributed by atoms with van der Waals surface area (Å²) in [5.41, 5.74) is 2.69. The lowest BCUT2D eigenvalue weighted by Gasteiger charge is -2.06. The molecule has 3 rings (SSSR count). The summed E-state index contributed by atoms with van der Waals surface area (Å²) in [4.78, 5) is 24.3. The van der Waals surface area contributed by atoms with Gasteiger partial charge in [0.15, 0.2) is 0 Å². The molecule has 0 unspecified atom stereocenters. The minimum Gasteiger partial charge on any atom is -0.323 e. The summed E-state index contributed by atoms with van der Waals surface area (Å²) in [6, 6.07) is 7.88. The molecule has 0 bridgehead atoms. The minimum atomic E-state index is -0.0930. The molecule has 0 atom stereocenters. The molecule has 2 aromatic heterocycles. The molecular formula is C16H15N5O. The van der Waals surface area contributed by atoms with Crippen molar-refractivity contribution in [2.75, 3.05) is 5.32 Å². The normalized spacial score (nSPS) is 10.4. The third kappa shape index (κ3) is 3.35. The van der Waals surface area contributed by atoms with Crippen LogP contribution in [0.2, 0.25) is 0 Å². The number of aromatic nitrogens is 4. The van der Waals surface area contributed by atoms with Crippen LogP contribution in [0, 0.1) is 6.92 Å². The minimum absolute atomic E-state index is 0.0930. The fourth-order valence-electron chi connectivity index (χ4n) is 2.11. The van der Waals surface area contributed by atoms with Gasteiger partial charge in [-0.25, -0.2) is 15.0 Å². The molecule has 2 heterocycles. The zero-order valence-corrected chi connectivity index (χ0v) is 12.1. The molecule has 0 aliphatic rings. The maximum Gasteiger partial charge on any atom is 0.234 e. The Labute approximate surface area is 127 Å². The molecule has 110 valence electrons. The van der Waals surface area contributed by atoms with Gasteiger partial charge in [0.25, 0.3) is 0 Å². The predicted octanol–water partition coefficient (Wildman–Crippen LogP) is 2.15. The van der Waals surface area contributed by atoms with Crippen LogP contribution in [0.3, 0.4) is 0 Å². The molecule has 3 aromatic rings. The average Bonchev–Trinajstić information content (AvgIpc) is 3.02. The van der Waals surface area contributed by atoms with E-state index in [4.69, 9.17) is 0 Å². The van der Waals surface area contributed by atoms with Gasteiger partial charge in [0.05, 0.1) is 24.5 Å². The van der Waals surface area contributed by atoms with Crippen LogP contribution in [0.5, 0.6) is 0 Å². The Morgan fingerprint density at radius 1 is 1.27 bits per heavy atom. The van der Waals surface area contributed by atoms with E-state index in [0.717, 1.165) is 11.1 Å². The van der Waals surface area contributed by atoms with Crippen LogP contribution in [0.25, 0.3) is 5.95 Å². The van der Waals surface area contributed by atoms with Gasteiger partial charge in [-0.3, -0.25) is 9.36 Å². The monoisotopic (exact) mass is 293 g/mol. The summed E-state index contributed by atoms with van der Waals surface area (Å²) in [5.74, 6) is 0.416. The highest BCUT2D eigenvalue weighted by Crippen LogP contribution is 2.09. The second-order valence-electron chi connectivity index (χ2n) is 4.96.